The van der Waals surface area contributed by atoms with Gasteiger partial charge < -0.3 is 5.32 Å². The lowest BCUT2D eigenvalue weighted by Crippen LogP contribution is -2.30. The Hall–Kier alpha value is -2.35. The van der Waals surface area contributed by atoms with Crippen LogP contribution < -0.4 is 10.0 Å². The van der Waals surface area contributed by atoms with E-state index < -0.39 is 10.0 Å². The summed E-state index contributed by atoms with van der Waals surface area (Å²) in [6.07, 6.45) is 6.49. The second-order valence-corrected chi connectivity index (χ2v) is 9.35. The molecule has 9 heteroatoms. The fourth-order valence-corrected chi connectivity index (χ4v) is 4.55. The molecular weight excluding hydrogens is 445 g/mol. The Kier molecular flexibility index (Phi) is 7.53. The molecule has 2 N–H and O–H groups in total. The van der Waals surface area contributed by atoms with Crippen molar-refractivity contribution < 1.29 is 13.2 Å². The predicted octanol–water partition coefficient (Wildman–Crippen LogP) is 4.90. The molecule has 6 nitrogen and oxygen atoms in total. The first-order chi connectivity index (χ1) is 14.3. The number of anilines is 1. The first kappa shape index (κ1) is 22.3. The molecule has 0 fully saturated rings. The molecule has 1 aliphatic rings. The van der Waals surface area contributed by atoms with Gasteiger partial charge in [-0.05, 0) is 66.9 Å². The van der Waals surface area contributed by atoms with E-state index in [2.05, 4.69) is 15.0 Å². The highest BCUT2D eigenvalue weighted by Gasteiger charge is 2.17. The zero-order valence-corrected chi connectivity index (χ0v) is 18.4. The van der Waals surface area contributed by atoms with Crippen molar-refractivity contribution in [1.82, 2.24) is 4.72 Å². The standard InChI is InChI=1S/C21H21Cl2N3O3S/c22-16-12-15(13-17(23)14-16)5-10-21(27)25-18-6-8-19(9-7-18)30(28,29)26-20-4-2-1-3-11-24-20/h5-10,12-14H,1-4,11H2,(H,24,26)(H,25,27)/b10-5+. The molecular formula is C21H21Cl2N3O3S. The van der Waals surface area contributed by atoms with Crippen molar-refractivity contribution in [3.05, 3.63) is 64.1 Å². The maximum absolute atomic E-state index is 12.5. The summed E-state index contributed by atoms with van der Waals surface area (Å²) in [6, 6.07) is 10.9. The number of hydrogen-bond donors (Lipinski definition) is 2. The molecule has 0 radical (unpaired) electrons. The summed E-state index contributed by atoms with van der Waals surface area (Å²) >= 11 is 11.9. The minimum Gasteiger partial charge on any atom is -0.323 e. The van der Waals surface area contributed by atoms with Gasteiger partial charge in [0.2, 0.25) is 5.91 Å². The fraction of sp³-hybridized carbons (Fsp3) is 0.238. The molecule has 0 saturated heterocycles. The van der Waals surface area contributed by atoms with Gasteiger partial charge in [-0.3, -0.25) is 14.5 Å². The quantitative estimate of drug-likeness (QED) is 0.615. The minimum absolute atomic E-state index is 0.108. The van der Waals surface area contributed by atoms with Crippen LogP contribution in [0.25, 0.3) is 6.08 Å². The second kappa shape index (κ2) is 10.1. The van der Waals surface area contributed by atoms with E-state index in [1.165, 1.54) is 30.3 Å². The number of rotatable bonds is 5. The van der Waals surface area contributed by atoms with Crippen LogP contribution >= 0.6 is 23.2 Å². The molecule has 0 aromatic heterocycles. The van der Waals surface area contributed by atoms with Gasteiger partial charge in [0, 0.05) is 34.8 Å². The molecule has 3 rings (SSSR count). The van der Waals surface area contributed by atoms with E-state index in [1.807, 2.05) is 0 Å². The molecule has 1 aliphatic heterocycles. The van der Waals surface area contributed by atoms with Crippen molar-refractivity contribution in [3.8, 4) is 0 Å². The highest BCUT2D eigenvalue weighted by Crippen LogP contribution is 2.20. The lowest BCUT2D eigenvalue weighted by atomic mass is 10.2. The Bertz CT molecular complexity index is 1060. The van der Waals surface area contributed by atoms with E-state index in [0.717, 1.165) is 19.3 Å². The van der Waals surface area contributed by atoms with Crippen molar-refractivity contribution in [2.75, 3.05) is 11.9 Å². The zero-order chi connectivity index (χ0) is 21.6. The van der Waals surface area contributed by atoms with E-state index in [9.17, 15) is 13.2 Å². The maximum Gasteiger partial charge on any atom is 0.262 e. The lowest BCUT2D eigenvalue weighted by molar-refractivity contribution is -0.111. The van der Waals surface area contributed by atoms with E-state index in [4.69, 9.17) is 23.2 Å². The number of hydrogen-bond acceptors (Lipinski definition) is 4. The van der Waals surface area contributed by atoms with E-state index in [1.54, 1.807) is 24.3 Å². The molecule has 1 amide bonds. The molecule has 0 bridgehead atoms. The van der Waals surface area contributed by atoms with E-state index in [-0.39, 0.29) is 10.8 Å². The normalized spacial score (nSPS) is 14.8. The minimum atomic E-state index is -3.71. The highest BCUT2D eigenvalue weighted by atomic mass is 35.5. The summed E-state index contributed by atoms with van der Waals surface area (Å²) in [4.78, 5) is 16.5. The van der Waals surface area contributed by atoms with Crippen molar-refractivity contribution in [2.45, 2.75) is 30.6 Å². The Labute approximate surface area is 186 Å². The third kappa shape index (κ3) is 6.58. The summed E-state index contributed by atoms with van der Waals surface area (Å²) < 4.78 is 27.7. The number of benzene rings is 2. The van der Waals surface area contributed by atoms with Crippen LogP contribution in [0.3, 0.4) is 0 Å². The van der Waals surface area contributed by atoms with Crippen molar-refractivity contribution in [2.24, 2.45) is 4.99 Å². The van der Waals surface area contributed by atoms with Crippen LogP contribution in [0.2, 0.25) is 10.0 Å². The van der Waals surface area contributed by atoms with E-state index >= 15 is 0 Å². The number of nitrogens with one attached hydrogen (secondary N) is 2. The predicted molar refractivity (Wildman–Crippen MR) is 122 cm³/mol. The largest absolute Gasteiger partial charge is 0.323 e. The van der Waals surface area contributed by atoms with Gasteiger partial charge in [0.05, 0.1) is 4.90 Å². The van der Waals surface area contributed by atoms with Crippen LogP contribution in [-0.2, 0) is 14.8 Å². The summed E-state index contributed by atoms with van der Waals surface area (Å²) in [5.41, 5.74) is 1.16. The average Bonchev–Trinajstić information content (AvgIpc) is 2.94. The smallest absolute Gasteiger partial charge is 0.262 e. The molecule has 0 unspecified atom stereocenters. The van der Waals surface area contributed by atoms with Gasteiger partial charge in [-0.25, -0.2) is 8.42 Å². The molecule has 158 valence electrons. The highest BCUT2D eigenvalue weighted by molar-refractivity contribution is 7.90. The third-order valence-corrected chi connectivity index (χ3v) is 6.20. The summed E-state index contributed by atoms with van der Waals surface area (Å²) in [5, 5.41) is 3.63. The van der Waals surface area contributed by atoms with Gasteiger partial charge in [0.15, 0.2) is 0 Å². The monoisotopic (exact) mass is 465 g/mol. The van der Waals surface area contributed by atoms with Crippen LogP contribution in [-0.4, -0.2) is 26.7 Å². The molecule has 2 aromatic carbocycles. The number of nitrogens with zero attached hydrogens (tertiary/aromatic N) is 1. The third-order valence-electron chi connectivity index (χ3n) is 4.37. The summed E-state index contributed by atoms with van der Waals surface area (Å²) in [6.45, 7) is 0.637. The summed E-state index contributed by atoms with van der Waals surface area (Å²) in [7, 11) is -3.71. The zero-order valence-electron chi connectivity index (χ0n) is 16.1. The van der Waals surface area contributed by atoms with Crippen molar-refractivity contribution in [3.63, 3.8) is 0 Å². The van der Waals surface area contributed by atoms with Gasteiger partial charge in [-0.2, -0.15) is 0 Å². The van der Waals surface area contributed by atoms with Gasteiger partial charge in [0.25, 0.3) is 10.0 Å². The first-order valence-corrected chi connectivity index (χ1v) is 11.7. The van der Waals surface area contributed by atoms with Crippen LogP contribution in [0.15, 0.2) is 58.4 Å². The lowest BCUT2D eigenvalue weighted by Gasteiger charge is -2.10. The maximum atomic E-state index is 12.5. The SMILES string of the molecule is O=C(/C=C/c1cc(Cl)cc(Cl)c1)Nc1ccc(S(=O)(=O)NC2=NCCCCC2)cc1. The van der Waals surface area contributed by atoms with Gasteiger partial charge in [0.1, 0.15) is 5.84 Å². The van der Waals surface area contributed by atoms with Gasteiger partial charge >= 0.3 is 0 Å². The molecule has 0 atom stereocenters. The number of halogens is 2. The fourth-order valence-electron chi connectivity index (χ4n) is 2.92. The van der Waals surface area contributed by atoms with Gasteiger partial charge in [-0.1, -0.05) is 29.6 Å². The Morgan fingerprint density at radius 3 is 2.40 bits per heavy atom. The molecule has 0 aliphatic carbocycles. The van der Waals surface area contributed by atoms with E-state index in [0.29, 0.717) is 40.1 Å². The number of aliphatic imine (C=N–C) groups is 1. The van der Waals surface area contributed by atoms with Crippen LogP contribution in [0, 0.1) is 0 Å². The Morgan fingerprint density at radius 1 is 1.00 bits per heavy atom. The first-order valence-electron chi connectivity index (χ1n) is 9.43. The molecule has 0 saturated carbocycles. The van der Waals surface area contributed by atoms with Crippen molar-refractivity contribution >= 4 is 56.7 Å². The summed E-state index contributed by atoms with van der Waals surface area (Å²) in [5.74, 6) is 0.128. The number of carbonyl (C=O) groups excluding carboxylic acids is 1. The second-order valence-electron chi connectivity index (χ2n) is 6.79. The molecule has 30 heavy (non-hydrogen) atoms. The number of amides is 1. The van der Waals surface area contributed by atoms with Crippen LogP contribution in [0.5, 0.6) is 0 Å². The van der Waals surface area contributed by atoms with Crippen molar-refractivity contribution in [1.29, 1.82) is 0 Å². The molecule has 2 aromatic rings. The van der Waals surface area contributed by atoms with Gasteiger partial charge in [-0.15, -0.1) is 0 Å². The Balaban J connectivity index is 1.62. The molecule has 1 heterocycles. The topological polar surface area (TPSA) is 87.6 Å². The van der Waals surface area contributed by atoms with Crippen LogP contribution in [0.1, 0.15) is 31.2 Å². The Morgan fingerprint density at radius 2 is 1.70 bits per heavy atom. The van der Waals surface area contributed by atoms with Crippen LogP contribution in [0.4, 0.5) is 5.69 Å². The number of carbonyl (C=O) groups is 1. The molecule has 0 spiro atoms. The number of amidine groups is 1. The number of sulfonamides is 1. The average molecular weight is 466 g/mol.